The smallest absolute Gasteiger partial charge is 0.343 e. The van der Waals surface area contributed by atoms with E-state index >= 15 is 0 Å². The molecular formula is C26H25N3O3. The van der Waals surface area contributed by atoms with E-state index in [9.17, 15) is 9.59 Å². The van der Waals surface area contributed by atoms with E-state index < -0.39 is 5.92 Å². The Morgan fingerprint density at radius 3 is 2.75 bits per heavy atom. The molecule has 0 aliphatic heterocycles. The molecule has 3 N–H and O–H groups in total. The number of nitrogens with one attached hydrogen (secondary N) is 1. The SMILES string of the molecule is Cc1cc(C(CN)C(=O)Nc2ccc3cnccc3c2)ccc1OC(=O)C1=CCCC=C1. The van der Waals surface area contributed by atoms with Gasteiger partial charge in [-0.2, -0.15) is 0 Å². The van der Waals surface area contributed by atoms with Crippen LogP contribution in [0.1, 0.15) is 29.9 Å². The minimum absolute atomic E-state index is 0.152. The average molecular weight is 428 g/mol. The Morgan fingerprint density at radius 1 is 1.12 bits per heavy atom. The highest BCUT2D eigenvalue weighted by Crippen LogP contribution is 2.26. The van der Waals surface area contributed by atoms with E-state index in [1.807, 2.05) is 49.4 Å². The Labute approximate surface area is 186 Å². The number of hydrogen-bond donors (Lipinski definition) is 2. The van der Waals surface area contributed by atoms with Crippen molar-refractivity contribution in [1.29, 1.82) is 0 Å². The van der Waals surface area contributed by atoms with E-state index in [4.69, 9.17) is 10.5 Å². The number of pyridine rings is 1. The summed E-state index contributed by atoms with van der Waals surface area (Å²) in [6, 6.07) is 12.9. The lowest BCUT2D eigenvalue weighted by Crippen LogP contribution is -2.27. The standard InChI is InChI=1S/C26H25N3O3/c1-17-13-20(8-10-24(17)32-26(31)18-5-3-2-4-6-18)23(15-27)25(30)29-22-9-7-21-16-28-12-11-19(21)14-22/h3,5-14,16,23H,2,4,15,27H2,1H3,(H,29,30). The van der Waals surface area contributed by atoms with Gasteiger partial charge >= 0.3 is 5.97 Å². The molecule has 1 aliphatic rings. The number of hydrogen-bond acceptors (Lipinski definition) is 5. The third-order valence-corrected chi connectivity index (χ3v) is 5.50. The van der Waals surface area contributed by atoms with Crippen LogP contribution in [0.3, 0.4) is 0 Å². The summed E-state index contributed by atoms with van der Waals surface area (Å²) in [7, 11) is 0. The molecule has 0 saturated carbocycles. The third-order valence-electron chi connectivity index (χ3n) is 5.50. The molecule has 1 heterocycles. The number of carbonyl (C=O) groups excluding carboxylic acids is 2. The van der Waals surface area contributed by atoms with Gasteiger partial charge in [0.2, 0.25) is 5.91 Å². The molecule has 6 nitrogen and oxygen atoms in total. The van der Waals surface area contributed by atoms with Crippen LogP contribution < -0.4 is 15.8 Å². The van der Waals surface area contributed by atoms with E-state index in [-0.39, 0.29) is 18.4 Å². The number of fused-ring (bicyclic) bond motifs is 1. The largest absolute Gasteiger partial charge is 0.423 e. The number of nitrogens with two attached hydrogens (primary N) is 1. The fourth-order valence-corrected chi connectivity index (χ4v) is 3.71. The maximum absolute atomic E-state index is 13.0. The predicted molar refractivity (Wildman–Crippen MR) is 125 cm³/mol. The van der Waals surface area contributed by atoms with E-state index in [0.29, 0.717) is 17.0 Å². The van der Waals surface area contributed by atoms with Crippen LogP contribution in [0.15, 0.2) is 78.7 Å². The predicted octanol–water partition coefficient (Wildman–Crippen LogP) is 4.41. The van der Waals surface area contributed by atoms with E-state index in [2.05, 4.69) is 10.3 Å². The Bertz CT molecular complexity index is 1230. The van der Waals surface area contributed by atoms with E-state index in [1.54, 1.807) is 30.6 Å². The van der Waals surface area contributed by atoms with Crippen LogP contribution >= 0.6 is 0 Å². The van der Waals surface area contributed by atoms with Gasteiger partial charge in [-0.05, 0) is 60.5 Å². The molecule has 2 aromatic carbocycles. The van der Waals surface area contributed by atoms with Crippen molar-refractivity contribution in [3.63, 3.8) is 0 Å². The van der Waals surface area contributed by atoms with Crippen LogP contribution in [0, 0.1) is 6.92 Å². The highest BCUT2D eigenvalue weighted by atomic mass is 16.5. The van der Waals surface area contributed by atoms with Gasteiger partial charge in [-0.15, -0.1) is 0 Å². The van der Waals surface area contributed by atoms with Crippen LogP contribution in [-0.4, -0.2) is 23.4 Å². The number of rotatable bonds is 6. The first-order valence-electron chi connectivity index (χ1n) is 10.6. The minimum atomic E-state index is -0.532. The summed E-state index contributed by atoms with van der Waals surface area (Å²) in [6.07, 6.45) is 10.9. The van der Waals surface area contributed by atoms with Gasteiger partial charge in [0.15, 0.2) is 0 Å². The molecule has 1 unspecified atom stereocenters. The second kappa shape index (κ2) is 9.58. The van der Waals surface area contributed by atoms with Gasteiger partial charge < -0.3 is 15.8 Å². The normalized spacial score (nSPS) is 14.0. The lowest BCUT2D eigenvalue weighted by molar-refractivity contribution is -0.129. The highest BCUT2D eigenvalue weighted by molar-refractivity contribution is 5.98. The van der Waals surface area contributed by atoms with Gasteiger partial charge in [0.05, 0.1) is 11.5 Å². The zero-order valence-corrected chi connectivity index (χ0v) is 17.9. The fourth-order valence-electron chi connectivity index (χ4n) is 3.71. The van der Waals surface area contributed by atoms with Crippen molar-refractivity contribution >= 4 is 28.3 Å². The molecule has 1 atom stereocenters. The van der Waals surface area contributed by atoms with Gasteiger partial charge in [-0.3, -0.25) is 9.78 Å². The van der Waals surface area contributed by atoms with Crippen molar-refractivity contribution in [2.45, 2.75) is 25.7 Å². The molecular weight excluding hydrogens is 402 g/mol. The molecule has 32 heavy (non-hydrogen) atoms. The van der Waals surface area contributed by atoms with Crippen LogP contribution in [0.25, 0.3) is 10.8 Å². The van der Waals surface area contributed by atoms with Crippen molar-refractivity contribution < 1.29 is 14.3 Å². The first-order chi connectivity index (χ1) is 15.5. The summed E-state index contributed by atoms with van der Waals surface area (Å²) in [6.45, 7) is 2.00. The van der Waals surface area contributed by atoms with Crippen LogP contribution in [0.4, 0.5) is 5.69 Å². The second-order valence-corrected chi connectivity index (χ2v) is 7.77. The van der Waals surface area contributed by atoms with Gasteiger partial charge in [0.25, 0.3) is 0 Å². The minimum Gasteiger partial charge on any atom is -0.423 e. The zero-order chi connectivity index (χ0) is 22.5. The number of nitrogens with zero attached hydrogens (tertiary/aromatic N) is 1. The number of amides is 1. The Morgan fingerprint density at radius 2 is 2.00 bits per heavy atom. The van der Waals surface area contributed by atoms with Crippen LogP contribution in [0.5, 0.6) is 5.75 Å². The number of benzene rings is 2. The molecule has 4 rings (SSSR count). The number of esters is 1. The summed E-state index contributed by atoms with van der Waals surface area (Å²) < 4.78 is 5.55. The summed E-state index contributed by atoms with van der Waals surface area (Å²) in [5.74, 6) is -0.632. The van der Waals surface area contributed by atoms with Crippen molar-refractivity contribution in [3.05, 3.63) is 89.8 Å². The molecule has 0 spiro atoms. The molecule has 1 aromatic heterocycles. The summed E-state index contributed by atoms with van der Waals surface area (Å²) in [5.41, 5.74) is 8.74. The highest BCUT2D eigenvalue weighted by Gasteiger charge is 2.21. The fraction of sp³-hybridized carbons (Fsp3) is 0.192. The molecule has 1 amide bonds. The second-order valence-electron chi connectivity index (χ2n) is 7.77. The summed E-state index contributed by atoms with van der Waals surface area (Å²) >= 11 is 0. The van der Waals surface area contributed by atoms with Gasteiger partial charge in [-0.1, -0.05) is 36.4 Å². The number of carbonyl (C=O) groups is 2. The van der Waals surface area contributed by atoms with E-state index in [1.165, 1.54) is 0 Å². The molecule has 0 bridgehead atoms. The topological polar surface area (TPSA) is 94.3 Å². The summed E-state index contributed by atoms with van der Waals surface area (Å²) in [5, 5.41) is 4.95. The van der Waals surface area contributed by atoms with Crippen molar-refractivity contribution in [2.24, 2.45) is 5.73 Å². The lowest BCUT2D eigenvalue weighted by Gasteiger charge is -2.17. The molecule has 3 aromatic rings. The van der Waals surface area contributed by atoms with Crippen molar-refractivity contribution in [1.82, 2.24) is 4.98 Å². The number of anilines is 1. The van der Waals surface area contributed by atoms with Crippen molar-refractivity contribution in [3.8, 4) is 5.75 Å². The average Bonchev–Trinajstić information content (AvgIpc) is 2.81. The maximum atomic E-state index is 13.0. The number of ether oxygens (including phenoxy) is 1. The maximum Gasteiger partial charge on any atom is 0.343 e. The molecule has 0 saturated heterocycles. The lowest BCUT2D eigenvalue weighted by atomic mass is 9.96. The Balaban J connectivity index is 1.48. The number of aryl methyl sites for hydroxylation is 1. The first kappa shape index (κ1) is 21.5. The van der Waals surface area contributed by atoms with Gasteiger partial charge in [-0.25, -0.2) is 4.79 Å². The monoisotopic (exact) mass is 427 g/mol. The number of allylic oxidation sites excluding steroid dienone is 2. The summed E-state index contributed by atoms with van der Waals surface area (Å²) in [4.78, 5) is 29.4. The first-order valence-corrected chi connectivity index (χ1v) is 10.6. The Hall–Kier alpha value is -3.77. The number of aromatic nitrogens is 1. The molecule has 0 fully saturated rings. The van der Waals surface area contributed by atoms with Crippen LogP contribution in [-0.2, 0) is 9.59 Å². The van der Waals surface area contributed by atoms with E-state index in [0.717, 1.165) is 34.7 Å². The molecule has 1 aliphatic carbocycles. The third kappa shape index (κ3) is 4.76. The van der Waals surface area contributed by atoms with Gasteiger partial charge in [0.1, 0.15) is 5.75 Å². The quantitative estimate of drug-likeness (QED) is 0.449. The molecule has 6 heteroatoms. The Kier molecular flexibility index (Phi) is 6.42. The zero-order valence-electron chi connectivity index (χ0n) is 17.9. The van der Waals surface area contributed by atoms with Gasteiger partial charge in [0, 0.05) is 30.0 Å². The van der Waals surface area contributed by atoms with Crippen LogP contribution in [0.2, 0.25) is 0 Å². The van der Waals surface area contributed by atoms with Crippen molar-refractivity contribution in [2.75, 3.05) is 11.9 Å². The molecule has 0 radical (unpaired) electrons. The molecule has 162 valence electrons.